The average molecular weight is 438 g/mol. The number of hydrogen-bond acceptors (Lipinski definition) is 0. The Kier molecular flexibility index (Phi) is 7.19. The summed E-state index contributed by atoms with van der Waals surface area (Å²) in [7, 11) is 0. The number of alkyl halides is 8. The molecule has 7 atom stereocenters. The molecule has 0 rings (SSSR count). The highest BCUT2D eigenvalue weighted by Crippen LogP contribution is 2.60. The van der Waals surface area contributed by atoms with E-state index >= 15 is 26.3 Å². The zero-order valence-corrected chi connectivity index (χ0v) is 18.9. The van der Waals surface area contributed by atoms with Gasteiger partial charge in [-0.05, 0) is 74.8 Å². The topological polar surface area (TPSA) is 0 Å². The van der Waals surface area contributed by atoms with E-state index in [1.807, 2.05) is 0 Å². The number of halogens is 8. The number of allylic oxidation sites excluding steroid dienone is 2. The predicted octanol–water partition coefficient (Wildman–Crippen LogP) is 7.80. The minimum atomic E-state index is -4.13. The van der Waals surface area contributed by atoms with Crippen molar-refractivity contribution in [2.75, 3.05) is 0 Å². The zero-order chi connectivity index (χ0) is 24.1. The van der Waals surface area contributed by atoms with Gasteiger partial charge in [0.2, 0.25) is 0 Å². The Bertz CT molecular complexity index is 605. The Labute approximate surface area is 169 Å². The molecule has 0 aromatic rings. The molecule has 0 heterocycles. The van der Waals surface area contributed by atoms with Crippen LogP contribution in [0.3, 0.4) is 0 Å². The van der Waals surface area contributed by atoms with Gasteiger partial charge in [0.15, 0.2) is 39.7 Å². The van der Waals surface area contributed by atoms with Gasteiger partial charge in [-0.15, -0.1) is 0 Å². The summed E-state index contributed by atoms with van der Waals surface area (Å²) in [4.78, 5) is 0. The van der Waals surface area contributed by atoms with Crippen molar-refractivity contribution in [2.24, 2.45) is 0 Å². The highest BCUT2D eigenvalue weighted by atomic mass is 19.2. The van der Waals surface area contributed by atoms with Crippen molar-refractivity contribution in [2.45, 2.75) is 121 Å². The normalized spacial score (nSPS) is 28.2. The lowest BCUT2D eigenvalue weighted by molar-refractivity contribution is -0.260. The lowest BCUT2D eigenvalue weighted by Gasteiger charge is -2.55. The molecule has 0 radical (unpaired) electrons. The molecule has 0 aromatic heterocycles. The Morgan fingerprint density at radius 3 is 1.03 bits per heavy atom. The van der Waals surface area contributed by atoms with Crippen LogP contribution in [0.15, 0.2) is 12.2 Å². The van der Waals surface area contributed by atoms with Gasteiger partial charge in [0.05, 0.1) is 0 Å². The van der Waals surface area contributed by atoms with E-state index in [-0.39, 0.29) is 34.1 Å². The molecule has 0 aliphatic carbocycles. The van der Waals surface area contributed by atoms with Crippen molar-refractivity contribution in [3.63, 3.8) is 0 Å². The molecular formula is C21H34F8. The lowest BCUT2D eigenvalue weighted by Crippen LogP contribution is -2.76. The fraction of sp³-hybridized carbons (Fsp3) is 0.905. The van der Waals surface area contributed by atoms with Crippen LogP contribution in [0, 0.1) is 0 Å². The highest BCUT2D eigenvalue weighted by molar-refractivity contribution is 5.28. The summed E-state index contributed by atoms with van der Waals surface area (Å²) in [5, 5.41) is 0. The molecule has 0 aliphatic rings. The molecule has 0 aromatic carbocycles. The van der Waals surface area contributed by atoms with Crippen molar-refractivity contribution in [1.82, 2.24) is 0 Å². The van der Waals surface area contributed by atoms with E-state index in [1.165, 1.54) is 6.08 Å². The maximum atomic E-state index is 15.7. The summed E-state index contributed by atoms with van der Waals surface area (Å²) in [5.41, 5.74) is -29.7. The summed E-state index contributed by atoms with van der Waals surface area (Å²) in [6, 6.07) is 0. The fourth-order valence-electron chi connectivity index (χ4n) is 3.28. The third-order valence-corrected chi connectivity index (χ3v) is 7.11. The van der Waals surface area contributed by atoms with Gasteiger partial charge in [0.25, 0.3) is 0 Å². The van der Waals surface area contributed by atoms with Crippen LogP contribution in [-0.4, -0.2) is 45.4 Å². The van der Waals surface area contributed by atoms with Crippen molar-refractivity contribution in [3.05, 3.63) is 12.2 Å². The van der Waals surface area contributed by atoms with Gasteiger partial charge in [0, 0.05) is 0 Å². The van der Waals surface area contributed by atoms with E-state index in [1.54, 1.807) is 6.92 Å². The molecule has 0 amide bonds. The van der Waals surface area contributed by atoms with E-state index in [2.05, 4.69) is 0 Å². The molecule has 29 heavy (non-hydrogen) atoms. The van der Waals surface area contributed by atoms with E-state index in [9.17, 15) is 8.78 Å². The monoisotopic (exact) mass is 438 g/mol. The van der Waals surface area contributed by atoms with Crippen LogP contribution in [0.25, 0.3) is 0 Å². The SMILES string of the molecule is CC/C=C/C(C)(F)C(C)(F)C(C)(F)C(C)(F)C(C)(F)C(C)(F)C(C)(F)C(C)(C)F. The van der Waals surface area contributed by atoms with Crippen LogP contribution >= 0.6 is 0 Å². The molecule has 0 saturated heterocycles. The highest BCUT2D eigenvalue weighted by Gasteiger charge is 2.79. The van der Waals surface area contributed by atoms with Gasteiger partial charge < -0.3 is 0 Å². The third kappa shape index (κ3) is 3.82. The minimum Gasteiger partial charge on any atom is -0.241 e. The van der Waals surface area contributed by atoms with Crippen LogP contribution in [0.1, 0.15) is 75.7 Å². The molecule has 0 N–H and O–H groups in total. The molecular weight excluding hydrogens is 404 g/mol. The smallest absolute Gasteiger partial charge is 0.181 e. The first-order valence-electron chi connectivity index (χ1n) is 9.50. The maximum absolute atomic E-state index is 15.7. The molecule has 174 valence electrons. The first-order valence-corrected chi connectivity index (χ1v) is 9.50. The molecule has 0 nitrogen and oxygen atoms in total. The van der Waals surface area contributed by atoms with Crippen LogP contribution in [0.4, 0.5) is 35.1 Å². The van der Waals surface area contributed by atoms with Crippen LogP contribution < -0.4 is 0 Å². The third-order valence-electron chi connectivity index (χ3n) is 7.11. The molecule has 8 heteroatoms. The first kappa shape index (κ1) is 28.2. The van der Waals surface area contributed by atoms with E-state index in [0.29, 0.717) is 40.7 Å². The Balaban J connectivity index is 6.69. The van der Waals surface area contributed by atoms with E-state index in [4.69, 9.17) is 0 Å². The van der Waals surface area contributed by atoms with Gasteiger partial charge in [-0.25, -0.2) is 35.1 Å². The van der Waals surface area contributed by atoms with Gasteiger partial charge in [-0.2, -0.15) is 0 Å². The largest absolute Gasteiger partial charge is 0.241 e. The van der Waals surface area contributed by atoms with E-state index < -0.39 is 45.4 Å². The molecule has 7 unspecified atom stereocenters. The van der Waals surface area contributed by atoms with Gasteiger partial charge in [-0.3, -0.25) is 0 Å². The van der Waals surface area contributed by atoms with Crippen molar-refractivity contribution >= 4 is 0 Å². The summed E-state index contributed by atoms with van der Waals surface area (Å²) >= 11 is 0. The summed E-state index contributed by atoms with van der Waals surface area (Å²) in [5.74, 6) is 0. The van der Waals surface area contributed by atoms with E-state index in [0.717, 1.165) is 0 Å². The first-order chi connectivity index (χ1) is 12.3. The zero-order valence-electron chi connectivity index (χ0n) is 18.9. The second kappa shape index (κ2) is 7.40. The van der Waals surface area contributed by atoms with Gasteiger partial charge in [-0.1, -0.05) is 13.0 Å². The average Bonchev–Trinajstić information content (AvgIpc) is 2.50. The summed E-state index contributed by atoms with van der Waals surface area (Å²) in [6.07, 6.45) is 2.08. The van der Waals surface area contributed by atoms with Crippen molar-refractivity contribution in [1.29, 1.82) is 0 Å². The second-order valence-electron chi connectivity index (χ2n) is 9.38. The second-order valence-corrected chi connectivity index (χ2v) is 9.38. The summed E-state index contributed by atoms with van der Waals surface area (Å²) in [6.45, 7) is 5.03. The molecule has 0 bridgehead atoms. The van der Waals surface area contributed by atoms with Gasteiger partial charge in [0.1, 0.15) is 5.67 Å². The van der Waals surface area contributed by atoms with Crippen LogP contribution in [0.5, 0.6) is 0 Å². The predicted molar refractivity (Wildman–Crippen MR) is 101 cm³/mol. The maximum Gasteiger partial charge on any atom is 0.181 e. The molecule has 0 saturated carbocycles. The lowest BCUT2D eigenvalue weighted by atomic mass is 9.58. The quantitative estimate of drug-likeness (QED) is 0.254. The van der Waals surface area contributed by atoms with Gasteiger partial charge >= 0.3 is 0 Å². The molecule has 0 spiro atoms. The van der Waals surface area contributed by atoms with Crippen LogP contribution in [-0.2, 0) is 0 Å². The molecule has 0 fully saturated rings. The molecule has 0 aliphatic heterocycles. The number of hydrogen-bond donors (Lipinski definition) is 0. The van der Waals surface area contributed by atoms with Crippen molar-refractivity contribution in [3.8, 4) is 0 Å². The minimum absolute atomic E-state index is 0.182. The fourth-order valence-corrected chi connectivity index (χ4v) is 3.28. The standard InChI is InChI=1S/C21H34F8/c1-11-12-13-15(4,23)17(6,25)19(8,27)21(10,29)20(9,28)18(7,26)16(5,24)14(2,3)22/h12-13H,11H2,1-10H3/b13-12+. The Morgan fingerprint density at radius 1 is 0.483 bits per heavy atom. The summed E-state index contributed by atoms with van der Waals surface area (Å²) < 4.78 is 122. The Hall–Kier alpha value is -0.820. The number of rotatable bonds is 9. The van der Waals surface area contributed by atoms with Crippen molar-refractivity contribution < 1.29 is 35.1 Å². The Morgan fingerprint density at radius 2 is 0.759 bits per heavy atom. The van der Waals surface area contributed by atoms with Crippen LogP contribution in [0.2, 0.25) is 0 Å².